The second-order valence-corrected chi connectivity index (χ2v) is 8.08. The Hall–Kier alpha value is -3.91. The summed E-state index contributed by atoms with van der Waals surface area (Å²) in [5, 5.41) is 10.0. The SMILES string of the molecule is COc1ccccc1OCc1nc(C(=O)NCCNC(=O)c2ccc3ccccc3c2)cs1. The van der Waals surface area contributed by atoms with Gasteiger partial charge in [0, 0.05) is 24.0 Å². The number of thiazole rings is 1. The van der Waals surface area contributed by atoms with Crippen molar-refractivity contribution >= 4 is 33.9 Å². The number of rotatable bonds is 9. The van der Waals surface area contributed by atoms with Crippen LogP contribution in [0.4, 0.5) is 0 Å². The van der Waals surface area contributed by atoms with E-state index in [0.717, 1.165) is 10.8 Å². The van der Waals surface area contributed by atoms with E-state index in [1.807, 2.05) is 60.7 Å². The molecule has 0 radical (unpaired) electrons. The predicted octanol–water partition coefficient (Wildman–Crippen LogP) is 4.04. The largest absolute Gasteiger partial charge is 0.493 e. The van der Waals surface area contributed by atoms with Gasteiger partial charge in [-0.1, -0.05) is 42.5 Å². The van der Waals surface area contributed by atoms with E-state index in [1.165, 1.54) is 11.3 Å². The van der Waals surface area contributed by atoms with Crippen molar-refractivity contribution in [2.75, 3.05) is 20.2 Å². The Bertz CT molecular complexity index is 1270. The summed E-state index contributed by atoms with van der Waals surface area (Å²) >= 11 is 1.35. The summed E-state index contributed by atoms with van der Waals surface area (Å²) in [5.41, 5.74) is 0.902. The molecule has 0 unspecified atom stereocenters. The zero-order valence-corrected chi connectivity index (χ0v) is 18.9. The molecule has 4 rings (SSSR count). The number of carbonyl (C=O) groups excluding carboxylic acids is 2. The van der Waals surface area contributed by atoms with Crippen LogP contribution in [0.1, 0.15) is 25.9 Å². The van der Waals surface area contributed by atoms with Crippen LogP contribution in [0.2, 0.25) is 0 Å². The topological polar surface area (TPSA) is 89.6 Å². The number of nitrogens with one attached hydrogen (secondary N) is 2. The second kappa shape index (κ2) is 10.6. The van der Waals surface area contributed by atoms with Crippen molar-refractivity contribution in [2.24, 2.45) is 0 Å². The van der Waals surface area contributed by atoms with Crippen LogP contribution < -0.4 is 20.1 Å². The van der Waals surface area contributed by atoms with Gasteiger partial charge in [0.1, 0.15) is 17.3 Å². The van der Waals surface area contributed by atoms with Crippen LogP contribution in [-0.4, -0.2) is 37.0 Å². The van der Waals surface area contributed by atoms with Crippen LogP contribution in [0.3, 0.4) is 0 Å². The minimum absolute atomic E-state index is 0.181. The second-order valence-electron chi connectivity index (χ2n) is 7.14. The van der Waals surface area contributed by atoms with E-state index in [2.05, 4.69) is 15.6 Å². The Balaban J connectivity index is 1.23. The van der Waals surface area contributed by atoms with Crippen molar-refractivity contribution in [1.82, 2.24) is 15.6 Å². The lowest BCUT2D eigenvalue weighted by Crippen LogP contribution is -2.34. The van der Waals surface area contributed by atoms with Crippen molar-refractivity contribution < 1.29 is 19.1 Å². The van der Waals surface area contributed by atoms with Gasteiger partial charge in [0.15, 0.2) is 11.5 Å². The molecule has 168 valence electrons. The van der Waals surface area contributed by atoms with E-state index in [-0.39, 0.29) is 18.4 Å². The monoisotopic (exact) mass is 461 g/mol. The number of hydrogen-bond donors (Lipinski definition) is 2. The number of hydrogen-bond acceptors (Lipinski definition) is 6. The summed E-state index contributed by atoms with van der Waals surface area (Å²) in [5.74, 6) is 0.773. The van der Waals surface area contributed by atoms with Gasteiger partial charge < -0.3 is 20.1 Å². The number of amides is 2. The van der Waals surface area contributed by atoms with Gasteiger partial charge in [-0.15, -0.1) is 11.3 Å². The molecule has 0 aliphatic heterocycles. The lowest BCUT2D eigenvalue weighted by molar-refractivity contribution is 0.0925. The summed E-state index contributed by atoms with van der Waals surface area (Å²) in [6.07, 6.45) is 0. The normalized spacial score (nSPS) is 10.6. The number of methoxy groups -OCH3 is 1. The van der Waals surface area contributed by atoms with Crippen LogP contribution in [0.25, 0.3) is 10.8 Å². The maximum Gasteiger partial charge on any atom is 0.270 e. The maximum absolute atomic E-state index is 12.4. The number of nitrogens with zero attached hydrogens (tertiary/aromatic N) is 1. The van der Waals surface area contributed by atoms with Crippen molar-refractivity contribution in [3.63, 3.8) is 0 Å². The Labute approximate surface area is 195 Å². The summed E-state index contributed by atoms with van der Waals surface area (Å²) in [7, 11) is 1.58. The summed E-state index contributed by atoms with van der Waals surface area (Å²) in [4.78, 5) is 29.1. The molecule has 2 amide bonds. The summed E-state index contributed by atoms with van der Waals surface area (Å²) < 4.78 is 11.0. The molecule has 7 nitrogen and oxygen atoms in total. The van der Waals surface area contributed by atoms with Crippen molar-refractivity contribution in [3.8, 4) is 11.5 Å². The third-order valence-corrected chi connectivity index (χ3v) is 5.73. The Morgan fingerprint density at radius 3 is 2.36 bits per heavy atom. The van der Waals surface area contributed by atoms with Gasteiger partial charge in [0.2, 0.25) is 0 Å². The molecule has 1 aromatic heterocycles. The highest BCUT2D eigenvalue weighted by atomic mass is 32.1. The molecule has 4 aromatic rings. The maximum atomic E-state index is 12.4. The molecule has 3 aromatic carbocycles. The number of benzene rings is 3. The third kappa shape index (κ3) is 5.67. The van der Waals surface area contributed by atoms with E-state index in [9.17, 15) is 9.59 Å². The highest BCUT2D eigenvalue weighted by Crippen LogP contribution is 2.27. The number of fused-ring (bicyclic) bond motifs is 1. The number of para-hydroxylation sites is 2. The summed E-state index contributed by atoms with van der Waals surface area (Å²) in [6, 6.07) is 20.8. The number of ether oxygens (including phenoxy) is 2. The highest BCUT2D eigenvalue weighted by molar-refractivity contribution is 7.09. The molecule has 0 aliphatic rings. The minimum atomic E-state index is -0.297. The average molecular weight is 462 g/mol. The van der Waals surface area contributed by atoms with Crippen molar-refractivity contribution in [2.45, 2.75) is 6.61 Å². The third-order valence-electron chi connectivity index (χ3n) is 4.91. The first-order valence-electron chi connectivity index (χ1n) is 10.4. The smallest absolute Gasteiger partial charge is 0.270 e. The van der Waals surface area contributed by atoms with Crippen molar-refractivity contribution in [3.05, 3.63) is 88.4 Å². The molecule has 0 fully saturated rings. The lowest BCUT2D eigenvalue weighted by atomic mass is 10.1. The Morgan fingerprint density at radius 2 is 1.58 bits per heavy atom. The van der Waals surface area contributed by atoms with E-state index < -0.39 is 0 Å². The van der Waals surface area contributed by atoms with Crippen LogP contribution >= 0.6 is 11.3 Å². The van der Waals surface area contributed by atoms with E-state index >= 15 is 0 Å². The van der Waals surface area contributed by atoms with Gasteiger partial charge in [-0.25, -0.2) is 4.98 Å². The van der Waals surface area contributed by atoms with Gasteiger partial charge in [0.05, 0.1) is 7.11 Å². The van der Waals surface area contributed by atoms with E-state index in [4.69, 9.17) is 9.47 Å². The fraction of sp³-hybridized carbons (Fsp3) is 0.160. The van der Waals surface area contributed by atoms with Crippen LogP contribution in [0.5, 0.6) is 11.5 Å². The van der Waals surface area contributed by atoms with Gasteiger partial charge in [-0.3, -0.25) is 9.59 Å². The Morgan fingerprint density at radius 1 is 0.879 bits per heavy atom. The molecule has 0 saturated heterocycles. The summed E-state index contributed by atoms with van der Waals surface area (Å²) in [6.45, 7) is 0.841. The molecule has 0 bridgehead atoms. The van der Waals surface area contributed by atoms with E-state index in [0.29, 0.717) is 40.9 Å². The molecule has 0 spiro atoms. The molecule has 8 heteroatoms. The molecule has 1 heterocycles. The van der Waals surface area contributed by atoms with Gasteiger partial charge in [-0.05, 0) is 35.0 Å². The molecule has 2 N–H and O–H groups in total. The Kier molecular flexibility index (Phi) is 7.16. The first-order chi connectivity index (χ1) is 16.1. The fourth-order valence-corrected chi connectivity index (χ4v) is 3.92. The molecule has 0 saturated carbocycles. The average Bonchev–Trinajstić information content (AvgIpc) is 3.34. The van der Waals surface area contributed by atoms with Crippen LogP contribution in [0, 0.1) is 0 Å². The van der Waals surface area contributed by atoms with Crippen LogP contribution in [-0.2, 0) is 6.61 Å². The van der Waals surface area contributed by atoms with Gasteiger partial charge in [-0.2, -0.15) is 0 Å². The predicted molar refractivity (Wildman–Crippen MR) is 128 cm³/mol. The molecular formula is C25H23N3O4S. The van der Waals surface area contributed by atoms with Gasteiger partial charge in [0.25, 0.3) is 11.8 Å². The zero-order chi connectivity index (χ0) is 23.0. The van der Waals surface area contributed by atoms with E-state index in [1.54, 1.807) is 18.6 Å². The first-order valence-corrected chi connectivity index (χ1v) is 11.3. The minimum Gasteiger partial charge on any atom is -0.493 e. The molecule has 0 atom stereocenters. The molecular weight excluding hydrogens is 438 g/mol. The number of carbonyl (C=O) groups is 2. The van der Waals surface area contributed by atoms with Crippen LogP contribution in [0.15, 0.2) is 72.1 Å². The van der Waals surface area contributed by atoms with Gasteiger partial charge >= 0.3 is 0 Å². The standard InChI is InChI=1S/C25H23N3O4S/c1-31-21-8-4-5-9-22(21)32-15-23-28-20(16-33-23)25(30)27-13-12-26-24(29)19-11-10-17-6-2-3-7-18(17)14-19/h2-11,14,16H,12-13,15H2,1H3,(H,26,29)(H,27,30). The fourth-order valence-electron chi connectivity index (χ4n) is 3.23. The zero-order valence-electron chi connectivity index (χ0n) is 18.0. The number of aromatic nitrogens is 1. The molecule has 0 aliphatic carbocycles. The first kappa shape index (κ1) is 22.3. The highest BCUT2D eigenvalue weighted by Gasteiger charge is 2.12. The lowest BCUT2D eigenvalue weighted by Gasteiger charge is -2.08. The quantitative estimate of drug-likeness (QED) is 0.367. The molecule has 33 heavy (non-hydrogen) atoms. The van der Waals surface area contributed by atoms with Crippen molar-refractivity contribution in [1.29, 1.82) is 0 Å².